The van der Waals surface area contributed by atoms with Crippen LogP contribution in [0, 0.1) is 0 Å². The second-order valence-electron chi connectivity index (χ2n) is 36.1. The number of hydrogen-bond acceptors (Lipinski definition) is 12. The van der Waals surface area contributed by atoms with Gasteiger partial charge in [-0.1, -0.05) is 455 Å². The molecular formula is C135H87N9O3. The molecule has 0 radical (unpaired) electrons. The summed E-state index contributed by atoms with van der Waals surface area (Å²) < 4.78 is 19.3. The SMILES string of the molecule is c1ccc(-c2ccc(-c3ccccc3-c3ccc4oc5cccc(-c6nc(-c7ccccc7)nc(-c7ccccc7)n6)c5c4c3)cc2)cc1.c1ccc(-c2cccc(-c3cccc(-c4ccc5oc6cccc(-c7nc(-c8ccccc8)nc(-c8ccccc8)n7)c6c5c4)c3)c2)cc1.c1ccc(-c2nc(-c3ccccc3)nc(-c3cccc4oc5ccc(-c6cccc(-c7ccccc7-c7ccccc7)c6)cc5c34)n2)cc1. The van der Waals surface area contributed by atoms with Gasteiger partial charge >= 0.3 is 0 Å². The molecule has 6 heterocycles. The molecule has 0 bridgehead atoms. The molecule has 0 fully saturated rings. The van der Waals surface area contributed by atoms with Gasteiger partial charge in [-0.15, -0.1) is 0 Å². The molecule has 0 aliphatic carbocycles. The summed E-state index contributed by atoms with van der Waals surface area (Å²) >= 11 is 0. The lowest BCUT2D eigenvalue weighted by atomic mass is 9.92. The van der Waals surface area contributed by atoms with Crippen LogP contribution < -0.4 is 0 Å². The van der Waals surface area contributed by atoms with E-state index in [-0.39, 0.29) is 0 Å². The van der Waals surface area contributed by atoms with Crippen molar-refractivity contribution in [1.29, 1.82) is 0 Å². The Labute approximate surface area is 848 Å². The van der Waals surface area contributed by atoms with Gasteiger partial charge in [0.05, 0.1) is 0 Å². The highest BCUT2D eigenvalue weighted by molar-refractivity contribution is 6.16. The van der Waals surface area contributed by atoms with Crippen molar-refractivity contribution >= 4 is 65.8 Å². The zero-order chi connectivity index (χ0) is 97.7. The highest BCUT2D eigenvalue weighted by Crippen LogP contribution is 2.46. The van der Waals surface area contributed by atoms with Crippen LogP contribution in [0.1, 0.15) is 0 Å². The molecule has 6 aromatic heterocycles. The normalized spacial score (nSPS) is 11.3. The van der Waals surface area contributed by atoms with Crippen LogP contribution in [0.4, 0.5) is 0 Å². The second kappa shape index (κ2) is 39.6. The van der Waals surface area contributed by atoms with Crippen LogP contribution in [0.25, 0.3) is 268 Å². The summed E-state index contributed by atoms with van der Waals surface area (Å²) in [4.78, 5) is 44.9. The van der Waals surface area contributed by atoms with E-state index >= 15 is 0 Å². The van der Waals surface area contributed by atoms with Gasteiger partial charge in [0.1, 0.15) is 33.5 Å². The summed E-state index contributed by atoms with van der Waals surface area (Å²) in [6.45, 7) is 0. The molecular weight excluding hydrogens is 1800 g/mol. The van der Waals surface area contributed by atoms with Gasteiger partial charge in [-0.2, -0.15) is 0 Å². The van der Waals surface area contributed by atoms with Gasteiger partial charge in [-0.25, -0.2) is 44.9 Å². The summed E-state index contributed by atoms with van der Waals surface area (Å²) in [5.41, 5.74) is 34.1. The maximum atomic E-state index is 6.43. The molecule has 0 aliphatic heterocycles. The molecule has 0 unspecified atom stereocenters. The summed E-state index contributed by atoms with van der Waals surface area (Å²) in [7, 11) is 0. The van der Waals surface area contributed by atoms with Crippen LogP contribution in [0.5, 0.6) is 0 Å². The molecule has 0 atom stereocenters. The smallest absolute Gasteiger partial charge is 0.164 e. The van der Waals surface area contributed by atoms with Crippen molar-refractivity contribution in [1.82, 2.24) is 44.9 Å². The fraction of sp³-hybridized carbons (Fsp3) is 0. The Morgan fingerprint density at radius 1 is 0.102 bits per heavy atom. The van der Waals surface area contributed by atoms with Gasteiger partial charge < -0.3 is 13.3 Å². The second-order valence-corrected chi connectivity index (χ2v) is 36.1. The first kappa shape index (κ1) is 88.5. The van der Waals surface area contributed by atoms with Crippen molar-refractivity contribution in [2.75, 3.05) is 0 Å². The monoisotopic (exact) mass is 1880 g/mol. The van der Waals surface area contributed by atoms with Crippen LogP contribution in [0.3, 0.4) is 0 Å². The van der Waals surface area contributed by atoms with E-state index < -0.39 is 0 Å². The Kier molecular flexibility index (Phi) is 23.8. The molecule has 147 heavy (non-hydrogen) atoms. The van der Waals surface area contributed by atoms with Gasteiger partial charge in [0.25, 0.3) is 0 Å². The molecule has 12 heteroatoms. The quantitative estimate of drug-likeness (QED) is 0.0803. The maximum absolute atomic E-state index is 6.43. The number of hydrogen-bond donors (Lipinski definition) is 0. The Bertz CT molecular complexity index is 9340. The van der Waals surface area contributed by atoms with E-state index in [0.29, 0.717) is 52.4 Å². The van der Waals surface area contributed by atoms with Gasteiger partial charge in [-0.3, -0.25) is 0 Å². The molecule has 0 spiro atoms. The molecule has 0 amide bonds. The van der Waals surface area contributed by atoms with Crippen LogP contribution in [-0.4, -0.2) is 44.9 Å². The topological polar surface area (TPSA) is 155 Å². The molecule has 0 saturated carbocycles. The largest absolute Gasteiger partial charge is 0.456 e. The number of fused-ring (bicyclic) bond motifs is 9. The van der Waals surface area contributed by atoms with Crippen molar-refractivity contribution in [3.63, 3.8) is 0 Å². The lowest BCUT2D eigenvalue weighted by Crippen LogP contribution is -2.00. The van der Waals surface area contributed by atoms with E-state index in [1.807, 2.05) is 231 Å². The van der Waals surface area contributed by atoms with Crippen molar-refractivity contribution in [2.24, 2.45) is 0 Å². The fourth-order valence-corrected chi connectivity index (χ4v) is 19.7. The predicted molar refractivity (Wildman–Crippen MR) is 599 cm³/mol. The van der Waals surface area contributed by atoms with E-state index in [1.165, 1.54) is 66.8 Å². The molecule has 0 N–H and O–H groups in total. The number of rotatable bonds is 18. The zero-order valence-electron chi connectivity index (χ0n) is 79.5. The summed E-state index contributed by atoms with van der Waals surface area (Å²) in [5.74, 6) is 5.57. The third-order valence-corrected chi connectivity index (χ3v) is 26.9. The molecule has 27 aromatic rings. The van der Waals surface area contributed by atoms with Crippen molar-refractivity contribution < 1.29 is 13.3 Å². The predicted octanol–water partition coefficient (Wildman–Crippen LogP) is 35.3. The Balaban J connectivity index is 0.000000115. The number of furan rings is 3. The Hall–Kier alpha value is -20.0. The summed E-state index contributed by atoms with van der Waals surface area (Å²) in [6, 6.07) is 182. The molecule has 690 valence electrons. The summed E-state index contributed by atoms with van der Waals surface area (Å²) in [6.07, 6.45) is 0. The molecule has 0 saturated heterocycles. The summed E-state index contributed by atoms with van der Waals surface area (Å²) in [5, 5.41) is 5.99. The lowest BCUT2D eigenvalue weighted by molar-refractivity contribution is 0.668. The van der Waals surface area contributed by atoms with E-state index in [4.69, 9.17) is 58.1 Å². The van der Waals surface area contributed by atoms with Gasteiger partial charge in [0.2, 0.25) is 0 Å². The first-order valence-electron chi connectivity index (χ1n) is 49.1. The van der Waals surface area contributed by atoms with Crippen LogP contribution in [0.15, 0.2) is 541 Å². The van der Waals surface area contributed by atoms with Crippen LogP contribution in [0.2, 0.25) is 0 Å². The van der Waals surface area contributed by atoms with Crippen LogP contribution in [-0.2, 0) is 0 Å². The highest BCUT2D eigenvalue weighted by Gasteiger charge is 2.25. The minimum Gasteiger partial charge on any atom is -0.456 e. The minimum absolute atomic E-state index is 0.602. The molecule has 27 rings (SSSR count). The van der Waals surface area contributed by atoms with E-state index in [2.05, 4.69) is 297 Å². The maximum Gasteiger partial charge on any atom is 0.164 e. The number of nitrogens with zero attached hydrogens (tertiary/aromatic N) is 9. The van der Waals surface area contributed by atoms with Gasteiger partial charge in [0, 0.05) is 82.4 Å². The first-order valence-corrected chi connectivity index (χ1v) is 49.1. The Morgan fingerprint density at radius 2 is 0.272 bits per heavy atom. The highest BCUT2D eigenvalue weighted by atomic mass is 16.3. The van der Waals surface area contributed by atoms with Gasteiger partial charge in [0.15, 0.2) is 52.4 Å². The lowest BCUT2D eigenvalue weighted by Gasteiger charge is -2.12. The molecule has 12 nitrogen and oxygen atoms in total. The van der Waals surface area contributed by atoms with Crippen LogP contribution >= 0.6 is 0 Å². The van der Waals surface area contributed by atoms with E-state index in [9.17, 15) is 0 Å². The van der Waals surface area contributed by atoms with E-state index in [1.54, 1.807) is 0 Å². The third-order valence-electron chi connectivity index (χ3n) is 26.9. The molecule has 0 aliphatic rings. The van der Waals surface area contributed by atoms with Crippen molar-refractivity contribution in [2.45, 2.75) is 0 Å². The van der Waals surface area contributed by atoms with E-state index in [0.717, 1.165) is 149 Å². The third kappa shape index (κ3) is 18.1. The standard InChI is InChI=1S/3C45H29N3O/c1-4-13-30(14-5-1)33-19-10-20-34(27-33)35-21-11-22-36(28-35)37-25-26-40-39(29-37)42-38(23-12-24-41(42)49-40)45-47-43(31-15-6-2-7-16-31)46-44(48-45)32-17-8-3-9-18-32;1-4-14-30(15-5-1)36-22-10-11-23-37(36)35-21-12-20-33(28-35)34-26-27-40-39(29-34)42-38(24-13-25-41(42)49-40)45-47-43(31-16-6-2-7-17-31)46-44(48-45)32-18-8-3-9-19-32;1-4-13-30(14-5-1)31-23-25-32(26-24-31)36-19-10-11-20-37(36)35-27-28-40-39(29-35)42-38(21-12-22-41(42)49-40)45-47-43(33-15-6-2-7-16-33)46-44(48-45)34-17-8-3-9-18-34/h3*1-29H. The molecule has 21 aromatic carbocycles. The number of benzene rings is 21. The number of aromatic nitrogens is 9. The van der Waals surface area contributed by atoms with Crippen molar-refractivity contribution in [3.8, 4) is 203 Å². The average Bonchev–Trinajstić information content (AvgIpc) is 1.62. The Morgan fingerprint density at radius 3 is 0.578 bits per heavy atom. The minimum atomic E-state index is 0.602. The zero-order valence-corrected chi connectivity index (χ0v) is 79.5. The first-order chi connectivity index (χ1) is 72.8. The average molecular weight is 1880 g/mol. The van der Waals surface area contributed by atoms with Gasteiger partial charge in [-0.05, 0) is 173 Å². The fourth-order valence-electron chi connectivity index (χ4n) is 19.7. The van der Waals surface area contributed by atoms with Crippen molar-refractivity contribution in [3.05, 3.63) is 528 Å².